The summed E-state index contributed by atoms with van der Waals surface area (Å²) in [5.41, 5.74) is 0. The zero-order valence-corrected chi connectivity index (χ0v) is 43.4. The number of ether oxygens (including phenoxy) is 3. The molecule has 7 unspecified atom stereocenters. The summed E-state index contributed by atoms with van der Waals surface area (Å²) in [6, 6.07) is 0. The molecule has 1 saturated carbocycles. The van der Waals surface area contributed by atoms with Crippen molar-refractivity contribution in [3.63, 3.8) is 0 Å². The maximum Gasteiger partial charge on any atom is 0.472 e. The lowest BCUT2D eigenvalue weighted by molar-refractivity contribution is -0.216. The standard InChI is InChI=1S/C51H86O17P2/c1-3-5-7-8-9-10-11-12-13-14-15-16-20-23-26-29-33-37-44(52)63-39-41(40-64-70(61,62)68-51-48(56)46(54)47(55)50(49(51)57)67-69(58,59)60)65-45(53)38-34-30-27-24-21-18-17-19-22-25-28-32-36-43-42(66-43)35-31-6-4-2/h6,12-13,18-19,21-22,27-28,30-32,41-43,46-51,54-57H,3-5,7-11,14-17,20,23-26,29,33-40H2,1-2H3,(H,61,62)(H2,58,59,60)/b13-12-,21-18-,22-19-,30-27-,31-6-,32-28-/t41-,42?,43?,46?,47?,48?,49?,50-,51+/m1/s1. The van der Waals surface area contributed by atoms with Crippen LogP contribution in [0, 0.1) is 0 Å². The molecule has 0 amide bonds. The van der Waals surface area contributed by atoms with Crippen LogP contribution in [0.25, 0.3) is 0 Å². The van der Waals surface area contributed by atoms with Crippen molar-refractivity contribution in [2.45, 2.75) is 223 Å². The molecule has 0 aromatic carbocycles. The molecule has 17 nitrogen and oxygen atoms in total. The maximum absolute atomic E-state index is 13.0. The highest BCUT2D eigenvalue weighted by molar-refractivity contribution is 7.47. The van der Waals surface area contributed by atoms with E-state index in [2.05, 4.69) is 67.0 Å². The van der Waals surface area contributed by atoms with Gasteiger partial charge in [0.25, 0.3) is 0 Å². The van der Waals surface area contributed by atoms with Gasteiger partial charge in [0.1, 0.15) is 43.2 Å². The average molecular weight is 1030 g/mol. The van der Waals surface area contributed by atoms with Crippen LogP contribution in [-0.2, 0) is 46.5 Å². The van der Waals surface area contributed by atoms with Gasteiger partial charge in [-0.25, -0.2) is 9.13 Å². The summed E-state index contributed by atoms with van der Waals surface area (Å²) in [4.78, 5) is 54.4. The molecule has 2 fully saturated rings. The highest BCUT2D eigenvalue weighted by Gasteiger charge is 2.54. The molecule has 1 aliphatic heterocycles. The molecule has 0 aromatic heterocycles. The van der Waals surface area contributed by atoms with Gasteiger partial charge in [-0.15, -0.1) is 0 Å². The van der Waals surface area contributed by atoms with Gasteiger partial charge in [-0.3, -0.25) is 23.2 Å². The maximum atomic E-state index is 13.0. The Morgan fingerprint density at radius 1 is 0.529 bits per heavy atom. The number of aliphatic hydroxyl groups is 4. The Kier molecular flexibility index (Phi) is 34.5. The first-order chi connectivity index (χ1) is 33.6. The van der Waals surface area contributed by atoms with E-state index in [0.29, 0.717) is 31.5 Å². The summed E-state index contributed by atoms with van der Waals surface area (Å²) < 4.78 is 55.1. The monoisotopic (exact) mass is 1030 g/mol. The molecule has 0 radical (unpaired) electrons. The van der Waals surface area contributed by atoms with E-state index in [4.69, 9.17) is 23.3 Å². The predicted molar refractivity (Wildman–Crippen MR) is 268 cm³/mol. The van der Waals surface area contributed by atoms with Crippen LogP contribution in [0.15, 0.2) is 72.9 Å². The number of carbonyl (C=O) groups excluding carboxylic acids is 2. The fraction of sp³-hybridized carbons (Fsp3) is 0.725. The lowest BCUT2D eigenvalue weighted by Crippen LogP contribution is -2.64. The van der Waals surface area contributed by atoms with Crippen molar-refractivity contribution in [3.8, 4) is 0 Å². The Balaban J connectivity index is 1.79. The van der Waals surface area contributed by atoms with Crippen LogP contribution in [0.2, 0.25) is 0 Å². The van der Waals surface area contributed by atoms with Gasteiger partial charge in [0.05, 0.1) is 18.8 Å². The van der Waals surface area contributed by atoms with E-state index >= 15 is 0 Å². The van der Waals surface area contributed by atoms with E-state index in [9.17, 15) is 53.8 Å². The van der Waals surface area contributed by atoms with Crippen molar-refractivity contribution in [1.82, 2.24) is 0 Å². The highest BCUT2D eigenvalue weighted by atomic mass is 31.2. The topological polar surface area (TPSA) is 269 Å². The fourth-order valence-corrected chi connectivity index (χ4v) is 9.16. The highest BCUT2D eigenvalue weighted by Crippen LogP contribution is 2.49. The normalized spacial score (nSPS) is 24.5. The minimum atomic E-state index is -5.38. The molecule has 0 bridgehead atoms. The Bertz CT molecular complexity index is 1690. The molecule has 10 atom stereocenters. The number of aliphatic hydroxyl groups excluding tert-OH is 4. The quantitative estimate of drug-likeness (QED) is 0.00988. The van der Waals surface area contributed by atoms with Crippen molar-refractivity contribution in [3.05, 3.63) is 72.9 Å². The number of allylic oxidation sites excluding steroid dienone is 10. The fourth-order valence-electron chi connectivity index (χ4n) is 7.62. The van der Waals surface area contributed by atoms with Crippen LogP contribution in [0.3, 0.4) is 0 Å². The smallest absolute Gasteiger partial charge is 0.462 e. The molecule has 1 heterocycles. The molecule has 0 aromatic rings. The van der Waals surface area contributed by atoms with Crippen molar-refractivity contribution in [1.29, 1.82) is 0 Å². The van der Waals surface area contributed by atoms with E-state index in [1.807, 2.05) is 18.2 Å². The Morgan fingerprint density at radius 2 is 1.01 bits per heavy atom. The van der Waals surface area contributed by atoms with Crippen LogP contribution in [0.4, 0.5) is 0 Å². The van der Waals surface area contributed by atoms with Crippen LogP contribution >= 0.6 is 15.6 Å². The molecule has 2 aliphatic rings. The van der Waals surface area contributed by atoms with Gasteiger partial charge in [0, 0.05) is 12.8 Å². The molecule has 2 rings (SSSR count). The van der Waals surface area contributed by atoms with Gasteiger partial charge in [0.15, 0.2) is 6.10 Å². The van der Waals surface area contributed by atoms with E-state index < -0.39 is 83.5 Å². The first-order valence-corrected chi connectivity index (χ1v) is 28.6. The zero-order valence-electron chi connectivity index (χ0n) is 41.6. The largest absolute Gasteiger partial charge is 0.472 e. The predicted octanol–water partition coefficient (Wildman–Crippen LogP) is 9.39. The molecule has 70 heavy (non-hydrogen) atoms. The summed E-state index contributed by atoms with van der Waals surface area (Å²) in [5, 5.41) is 41.3. The third-order valence-electron chi connectivity index (χ3n) is 11.7. The number of esters is 2. The van der Waals surface area contributed by atoms with Crippen molar-refractivity contribution in [2.75, 3.05) is 13.2 Å². The molecular formula is C51H86O17P2. The number of hydrogen-bond acceptors (Lipinski definition) is 14. The second-order valence-corrected chi connectivity index (χ2v) is 20.5. The molecule has 0 spiro atoms. The number of unbranched alkanes of at least 4 members (excludes halogenated alkanes) is 13. The van der Waals surface area contributed by atoms with Crippen LogP contribution < -0.4 is 0 Å². The van der Waals surface area contributed by atoms with E-state index in [1.165, 1.54) is 38.5 Å². The lowest BCUT2D eigenvalue weighted by atomic mass is 9.85. The van der Waals surface area contributed by atoms with Gasteiger partial charge in [-0.2, -0.15) is 0 Å². The Hall–Kier alpha value is -2.60. The zero-order chi connectivity index (χ0) is 51.5. The van der Waals surface area contributed by atoms with E-state index in [1.54, 1.807) is 6.08 Å². The summed E-state index contributed by atoms with van der Waals surface area (Å²) in [6.07, 6.45) is 33.3. The Labute approximate surface area is 417 Å². The van der Waals surface area contributed by atoms with Crippen molar-refractivity contribution in [2.24, 2.45) is 0 Å². The number of hydrogen-bond donors (Lipinski definition) is 7. The number of phosphoric acid groups is 2. The molecule has 402 valence electrons. The Morgan fingerprint density at radius 3 is 1.57 bits per heavy atom. The van der Waals surface area contributed by atoms with Crippen LogP contribution in [0.1, 0.15) is 168 Å². The third-order valence-corrected chi connectivity index (χ3v) is 13.2. The number of rotatable bonds is 41. The molecule has 19 heteroatoms. The van der Waals surface area contributed by atoms with E-state index in [-0.39, 0.29) is 12.8 Å². The average Bonchev–Trinajstić information content (AvgIpc) is 4.07. The molecule has 7 N–H and O–H groups in total. The molecule has 1 saturated heterocycles. The first-order valence-electron chi connectivity index (χ1n) is 25.6. The van der Waals surface area contributed by atoms with Gasteiger partial charge in [-0.1, -0.05) is 151 Å². The van der Waals surface area contributed by atoms with E-state index in [0.717, 1.165) is 83.5 Å². The minimum Gasteiger partial charge on any atom is -0.462 e. The van der Waals surface area contributed by atoms with Gasteiger partial charge < -0.3 is 49.3 Å². The number of carbonyl (C=O) groups is 2. The van der Waals surface area contributed by atoms with Gasteiger partial charge in [0.2, 0.25) is 0 Å². The summed E-state index contributed by atoms with van der Waals surface area (Å²) >= 11 is 0. The lowest BCUT2D eigenvalue weighted by Gasteiger charge is -2.43. The number of phosphoric ester groups is 2. The summed E-state index contributed by atoms with van der Waals surface area (Å²) in [7, 11) is -10.7. The third kappa shape index (κ3) is 31.1. The van der Waals surface area contributed by atoms with Crippen molar-refractivity contribution >= 4 is 27.6 Å². The summed E-state index contributed by atoms with van der Waals surface area (Å²) in [5.74, 6) is -1.32. The SMILES string of the molecule is CC/C=C\CC1OC1C/C=C\C/C=C\C/C=C\C/C=C\CCC(=O)O[C@H](COC(=O)CCCCCCCCC/C=C\CCCCCCCC)COP(=O)(O)O[C@H]1C(O)C(O)C(O)[C@@H](OP(=O)(O)O)C1O. The minimum absolute atomic E-state index is 0.0881. The number of epoxide rings is 1. The van der Waals surface area contributed by atoms with Crippen LogP contribution in [-0.4, -0.2) is 115 Å². The first kappa shape index (κ1) is 63.5. The molecule has 1 aliphatic carbocycles. The van der Waals surface area contributed by atoms with Crippen LogP contribution in [0.5, 0.6) is 0 Å². The van der Waals surface area contributed by atoms with Gasteiger partial charge in [-0.05, 0) is 77.0 Å². The second-order valence-electron chi connectivity index (χ2n) is 17.9. The second kappa shape index (κ2) is 38.0. The molecular weight excluding hydrogens is 946 g/mol. The van der Waals surface area contributed by atoms with Crippen molar-refractivity contribution < 1.29 is 81.6 Å². The van der Waals surface area contributed by atoms with Gasteiger partial charge >= 0.3 is 27.6 Å². The summed E-state index contributed by atoms with van der Waals surface area (Å²) in [6.45, 7) is 2.93.